The molecule has 28 heavy (non-hydrogen) atoms. The number of hydrogen-bond donors (Lipinski definition) is 1. The van der Waals surface area contributed by atoms with Crippen LogP contribution >= 0.6 is 36.2 Å². The summed E-state index contributed by atoms with van der Waals surface area (Å²) in [6.07, 6.45) is 0. The lowest BCUT2D eigenvalue weighted by molar-refractivity contribution is -0.136. The first kappa shape index (κ1) is 24.9. The molecule has 2 heterocycles. The molecule has 1 aliphatic heterocycles. The molecule has 5 nitrogen and oxygen atoms in total. The fourth-order valence-electron chi connectivity index (χ4n) is 3.02. The van der Waals surface area contributed by atoms with Gasteiger partial charge in [-0.1, -0.05) is 51.1 Å². The minimum absolute atomic E-state index is 0. The summed E-state index contributed by atoms with van der Waals surface area (Å²) in [6, 6.07) is 9.83. The third-order valence-electron chi connectivity index (χ3n) is 4.84. The Labute approximate surface area is 184 Å². The number of carbonyl (C=O) groups is 1. The van der Waals surface area contributed by atoms with Gasteiger partial charge in [0, 0.05) is 43.7 Å². The van der Waals surface area contributed by atoms with Gasteiger partial charge in [0.1, 0.15) is 5.01 Å². The molecule has 1 aliphatic rings. The normalized spacial score (nSPS) is 16.1. The van der Waals surface area contributed by atoms with Crippen LogP contribution in [0.15, 0.2) is 35.7 Å². The van der Waals surface area contributed by atoms with E-state index in [-0.39, 0.29) is 36.1 Å². The molecule has 2 N–H and O–H groups in total. The number of carbonyl (C=O) groups excluding carboxylic acids is 1. The number of amides is 1. The van der Waals surface area contributed by atoms with E-state index >= 15 is 0 Å². The number of aromatic nitrogens is 1. The maximum atomic E-state index is 12.5. The van der Waals surface area contributed by atoms with Crippen LogP contribution in [0.25, 0.3) is 10.6 Å². The van der Waals surface area contributed by atoms with E-state index in [2.05, 4.69) is 22.4 Å². The van der Waals surface area contributed by atoms with E-state index in [1.807, 2.05) is 43.9 Å². The van der Waals surface area contributed by atoms with Crippen molar-refractivity contribution in [3.05, 3.63) is 41.4 Å². The van der Waals surface area contributed by atoms with Crippen molar-refractivity contribution in [2.45, 2.75) is 33.4 Å². The zero-order chi connectivity index (χ0) is 18.7. The lowest BCUT2D eigenvalue weighted by atomic mass is 9.86. The summed E-state index contributed by atoms with van der Waals surface area (Å²) in [5.41, 5.74) is 8.18. The van der Waals surface area contributed by atoms with Crippen LogP contribution in [0.1, 0.15) is 26.5 Å². The molecule has 1 aromatic heterocycles. The summed E-state index contributed by atoms with van der Waals surface area (Å²) < 4.78 is 0. The van der Waals surface area contributed by atoms with Gasteiger partial charge in [0.05, 0.1) is 11.7 Å². The molecule has 0 unspecified atom stereocenters. The lowest BCUT2D eigenvalue weighted by Gasteiger charge is -2.38. The Bertz CT molecular complexity index is 740. The highest BCUT2D eigenvalue weighted by molar-refractivity contribution is 7.13. The molecule has 2 aromatic rings. The van der Waals surface area contributed by atoms with Crippen molar-refractivity contribution >= 4 is 42.1 Å². The number of thiazole rings is 1. The first-order valence-corrected chi connectivity index (χ1v) is 9.99. The van der Waals surface area contributed by atoms with Crippen LogP contribution in [0.5, 0.6) is 0 Å². The first-order valence-electron chi connectivity index (χ1n) is 9.11. The third-order valence-corrected chi connectivity index (χ3v) is 5.78. The van der Waals surface area contributed by atoms with Crippen molar-refractivity contribution in [3.8, 4) is 10.6 Å². The van der Waals surface area contributed by atoms with Gasteiger partial charge in [0.15, 0.2) is 0 Å². The second-order valence-electron chi connectivity index (χ2n) is 7.96. The van der Waals surface area contributed by atoms with Gasteiger partial charge in [0.25, 0.3) is 0 Å². The topological polar surface area (TPSA) is 62.5 Å². The van der Waals surface area contributed by atoms with Crippen molar-refractivity contribution in [2.24, 2.45) is 11.1 Å². The molecule has 0 saturated carbocycles. The van der Waals surface area contributed by atoms with Crippen LogP contribution in [0.2, 0.25) is 0 Å². The quantitative estimate of drug-likeness (QED) is 0.780. The summed E-state index contributed by atoms with van der Waals surface area (Å²) >= 11 is 1.68. The summed E-state index contributed by atoms with van der Waals surface area (Å²) in [7, 11) is 0. The Morgan fingerprint density at radius 2 is 1.75 bits per heavy atom. The molecule has 0 bridgehead atoms. The smallest absolute Gasteiger partial charge is 0.240 e. The Balaban J connectivity index is 0.00000196. The maximum Gasteiger partial charge on any atom is 0.240 e. The molecule has 156 valence electrons. The van der Waals surface area contributed by atoms with E-state index in [1.54, 1.807) is 11.3 Å². The standard InChI is InChI=1S/C20H28N4OS.2ClH/c1-20(2,3)17(21)19(25)24-11-9-23(10-12-24)13-16-14-26-18(22-16)15-7-5-4-6-8-15;;/h4-8,14,17H,9-13,21H2,1-3H3;2*1H/t17-;;/m1../s1. The Hall–Kier alpha value is -1.18. The highest BCUT2D eigenvalue weighted by atomic mass is 35.5. The maximum absolute atomic E-state index is 12.5. The Morgan fingerprint density at radius 1 is 1.14 bits per heavy atom. The number of nitrogens with zero attached hydrogens (tertiary/aromatic N) is 3. The van der Waals surface area contributed by atoms with Crippen molar-refractivity contribution in [1.82, 2.24) is 14.8 Å². The van der Waals surface area contributed by atoms with E-state index in [9.17, 15) is 4.79 Å². The number of piperazine rings is 1. The van der Waals surface area contributed by atoms with Gasteiger partial charge >= 0.3 is 0 Å². The van der Waals surface area contributed by atoms with Gasteiger partial charge in [-0.15, -0.1) is 36.2 Å². The van der Waals surface area contributed by atoms with Gasteiger partial charge in [0.2, 0.25) is 5.91 Å². The number of halogens is 2. The summed E-state index contributed by atoms with van der Waals surface area (Å²) in [5.74, 6) is 0.0668. The largest absolute Gasteiger partial charge is 0.339 e. The number of rotatable bonds is 4. The average Bonchev–Trinajstić information content (AvgIpc) is 3.09. The van der Waals surface area contributed by atoms with Crippen LogP contribution < -0.4 is 5.73 Å². The van der Waals surface area contributed by atoms with Crippen LogP contribution in [0.4, 0.5) is 0 Å². The van der Waals surface area contributed by atoms with E-state index < -0.39 is 6.04 Å². The predicted molar refractivity (Wildman–Crippen MR) is 121 cm³/mol. The summed E-state index contributed by atoms with van der Waals surface area (Å²) in [6.45, 7) is 10.1. The molecule has 1 saturated heterocycles. The second-order valence-corrected chi connectivity index (χ2v) is 8.81. The number of nitrogens with two attached hydrogens (primary N) is 1. The van der Waals surface area contributed by atoms with Gasteiger partial charge in [-0.3, -0.25) is 9.69 Å². The highest BCUT2D eigenvalue weighted by Gasteiger charge is 2.32. The molecule has 8 heteroatoms. The van der Waals surface area contributed by atoms with E-state index in [0.717, 1.165) is 49.0 Å². The fraction of sp³-hybridized carbons (Fsp3) is 0.500. The molecule has 1 aromatic carbocycles. The first-order chi connectivity index (χ1) is 12.3. The Morgan fingerprint density at radius 3 is 2.32 bits per heavy atom. The van der Waals surface area contributed by atoms with Crippen LogP contribution in [-0.2, 0) is 11.3 Å². The van der Waals surface area contributed by atoms with Crippen molar-refractivity contribution in [3.63, 3.8) is 0 Å². The second kappa shape index (κ2) is 10.6. The van der Waals surface area contributed by atoms with Gasteiger partial charge in [-0.25, -0.2) is 4.98 Å². The molecular weight excluding hydrogens is 415 g/mol. The summed E-state index contributed by atoms with van der Waals surface area (Å²) in [4.78, 5) is 21.6. The number of hydrogen-bond acceptors (Lipinski definition) is 5. The van der Waals surface area contributed by atoms with E-state index in [4.69, 9.17) is 10.7 Å². The van der Waals surface area contributed by atoms with Crippen molar-refractivity contribution in [2.75, 3.05) is 26.2 Å². The SMILES string of the molecule is CC(C)(C)[C@H](N)C(=O)N1CCN(Cc2csc(-c3ccccc3)n2)CC1.Cl.Cl. The Kier molecular flexibility index (Phi) is 9.37. The van der Waals surface area contributed by atoms with Gasteiger partial charge in [-0.05, 0) is 5.41 Å². The van der Waals surface area contributed by atoms with Crippen LogP contribution in [-0.4, -0.2) is 52.9 Å². The van der Waals surface area contributed by atoms with Crippen LogP contribution in [0, 0.1) is 5.41 Å². The van der Waals surface area contributed by atoms with Crippen LogP contribution in [0.3, 0.4) is 0 Å². The minimum Gasteiger partial charge on any atom is -0.339 e. The van der Waals surface area contributed by atoms with Gasteiger partial charge < -0.3 is 10.6 Å². The predicted octanol–water partition coefficient (Wildman–Crippen LogP) is 3.67. The molecule has 0 spiro atoms. The molecule has 1 fully saturated rings. The lowest BCUT2D eigenvalue weighted by Crippen LogP contribution is -2.56. The van der Waals surface area contributed by atoms with E-state index in [1.165, 1.54) is 0 Å². The molecule has 1 amide bonds. The molecule has 0 radical (unpaired) electrons. The minimum atomic E-state index is -0.443. The number of benzene rings is 1. The monoisotopic (exact) mass is 444 g/mol. The summed E-state index contributed by atoms with van der Waals surface area (Å²) in [5, 5.41) is 3.20. The molecule has 3 rings (SSSR count). The highest BCUT2D eigenvalue weighted by Crippen LogP contribution is 2.24. The fourth-order valence-corrected chi connectivity index (χ4v) is 3.83. The molecule has 1 atom stereocenters. The zero-order valence-corrected chi connectivity index (χ0v) is 19.1. The van der Waals surface area contributed by atoms with Gasteiger partial charge in [-0.2, -0.15) is 0 Å². The zero-order valence-electron chi connectivity index (χ0n) is 16.6. The average molecular weight is 445 g/mol. The van der Waals surface area contributed by atoms with Crippen molar-refractivity contribution in [1.29, 1.82) is 0 Å². The molecule has 0 aliphatic carbocycles. The van der Waals surface area contributed by atoms with E-state index in [0.29, 0.717) is 0 Å². The molecular formula is C20H30Cl2N4OS. The van der Waals surface area contributed by atoms with Crippen molar-refractivity contribution < 1.29 is 4.79 Å². The third kappa shape index (κ3) is 6.16.